The zero-order chi connectivity index (χ0) is 13.1. The predicted octanol–water partition coefficient (Wildman–Crippen LogP) is 2.31. The molecule has 1 atom stereocenters. The first-order chi connectivity index (χ1) is 7.88. The van der Waals surface area contributed by atoms with Crippen LogP contribution in [0.2, 0.25) is 10.0 Å². The molecule has 0 heterocycles. The highest BCUT2D eigenvalue weighted by Crippen LogP contribution is 2.28. The van der Waals surface area contributed by atoms with E-state index in [1.165, 1.54) is 19.2 Å². The Morgan fingerprint density at radius 1 is 1.35 bits per heavy atom. The van der Waals surface area contributed by atoms with Crippen molar-refractivity contribution in [2.75, 3.05) is 13.7 Å². The molecule has 0 fully saturated rings. The van der Waals surface area contributed by atoms with Crippen molar-refractivity contribution in [1.29, 1.82) is 0 Å². The minimum atomic E-state index is -3.74. The third-order valence-electron chi connectivity index (χ3n) is 1.96. The first kappa shape index (κ1) is 14.7. The lowest BCUT2D eigenvalue weighted by molar-refractivity contribution is 0.180. The van der Waals surface area contributed by atoms with E-state index in [0.717, 1.165) is 0 Å². The monoisotopic (exact) mass is 297 g/mol. The fraction of sp³-hybridized carbons (Fsp3) is 0.400. The van der Waals surface area contributed by atoms with Crippen molar-refractivity contribution in [3.63, 3.8) is 0 Å². The standard InChI is InChI=1S/C10H13Cl2NO3S/c1-7(6-16-2)13-17(14,15)10-8(11)4-3-5-9(10)12/h3-5,7,13H,6H2,1-2H3/t7-/m1/s1. The van der Waals surface area contributed by atoms with Crippen LogP contribution in [-0.2, 0) is 14.8 Å². The average Bonchev–Trinajstić information content (AvgIpc) is 2.15. The number of hydrogen-bond acceptors (Lipinski definition) is 3. The minimum absolute atomic E-state index is 0.0922. The van der Waals surface area contributed by atoms with Crippen LogP contribution in [0.5, 0.6) is 0 Å². The van der Waals surface area contributed by atoms with Gasteiger partial charge in [-0.3, -0.25) is 0 Å². The molecule has 1 aromatic carbocycles. The molecule has 0 saturated heterocycles. The molecule has 96 valence electrons. The molecule has 17 heavy (non-hydrogen) atoms. The lowest BCUT2D eigenvalue weighted by atomic mass is 10.4. The lowest BCUT2D eigenvalue weighted by Crippen LogP contribution is -2.35. The summed E-state index contributed by atoms with van der Waals surface area (Å²) in [5.74, 6) is 0. The van der Waals surface area contributed by atoms with Gasteiger partial charge < -0.3 is 4.74 Å². The summed E-state index contributed by atoms with van der Waals surface area (Å²) in [7, 11) is -2.24. The van der Waals surface area contributed by atoms with E-state index < -0.39 is 10.0 Å². The summed E-state index contributed by atoms with van der Waals surface area (Å²) >= 11 is 11.7. The van der Waals surface area contributed by atoms with Crippen LogP contribution in [0.25, 0.3) is 0 Å². The lowest BCUT2D eigenvalue weighted by Gasteiger charge is -2.14. The van der Waals surface area contributed by atoms with E-state index in [1.54, 1.807) is 13.0 Å². The predicted molar refractivity (Wildman–Crippen MR) is 68.1 cm³/mol. The fourth-order valence-corrected chi connectivity index (χ4v) is 3.72. The number of halogens is 2. The van der Waals surface area contributed by atoms with Crippen LogP contribution in [0.15, 0.2) is 23.1 Å². The summed E-state index contributed by atoms with van der Waals surface area (Å²) in [6.07, 6.45) is 0. The van der Waals surface area contributed by atoms with Gasteiger partial charge in [-0.2, -0.15) is 0 Å². The molecule has 1 aromatic rings. The topological polar surface area (TPSA) is 55.4 Å². The second-order valence-electron chi connectivity index (χ2n) is 3.53. The van der Waals surface area contributed by atoms with Gasteiger partial charge in [-0.25, -0.2) is 13.1 Å². The molecule has 4 nitrogen and oxygen atoms in total. The summed E-state index contributed by atoms with van der Waals surface area (Å²) in [6, 6.07) is 4.17. The Bertz CT molecular complexity index is 470. The summed E-state index contributed by atoms with van der Waals surface area (Å²) in [6.45, 7) is 1.95. The molecule has 0 unspecified atom stereocenters. The number of methoxy groups -OCH3 is 1. The van der Waals surface area contributed by atoms with E-state index >= 15 is 0 Å². The maximum Gasteiger partial charge on any atom is 0.243 e. The van der Waals surface area contributed by atoms with Crippen LogP contribution in [0.4, 0.5) is 0 Å². The smallest absolute Gasteiger partial charge is 0.243 e. The number of benzene rings is 1. The number of ether oxygens (including phenoxy) is 1. The Labute approximate surface area is 111 Å². The molecule has 1 rings (SSSR count). The summed E-state index contributed by atoms with van der Waals surface area (Å²) in [5.41, 5.74) is 0. The first-order valence-electron chi connectivity index (χ1n) is 4.83. The summed E-state index contributed by atoms with van der Waals surface area (Å²) in [4.78, 5) is -0.105. The number of sulfonamides is 1. The second kappa shape index (κ2) is 6.02. The van der Waals surface area contributed by atoms with Gasteiger partial charge >= 0.3 is 0 Å². The van der Waals surface area contributed by atoms with Crippen molar-refractivity contribution in [3.8, 4) is 0 Å². The molecule has 0 bridgehead atoms. The quantitative estimate of drug-likeness (QED) is 0.907. The van der Waals surface area contributed by atoms with Gasteiger partial charge in [0.15, 0.2) is 0 Å². The molecule has 1 N–H and O–H groups in total. The zero-order valence-electron chi connectivity index (χ0n) is 9.41. The first-order valence-corrected chi connectivity index (χ1v) is 7.07. The van der Waals surface area contributed by atoms with Gasteiger partial charge in [-0.15, -0.1) is 0 Å². The SMILES string of the molecule is COC[C@@H](C)NS(=O)(=O)c1c(Cl)cccc1Cl. The molecule has 0 aliphatic heterocycles. The molecule has 7 heteroatoms. The number of rotatable bonds is 5. The Kier molecular flexibility index (Phi) is 5.22. The Morgan fingerprint density at radius 2 is 1.88 bits per heavy atom. The van der Waals surface area contributed by atoms with E-state index in [2.05, 4.69) is 4.72 Å². The molecule has 0 amide bonds. The third-order valence-corrected chi connectivity index (χ3v) is 4.50. The minimum Gasteiger partial charge on any atom is -0.383 e. The van der Waals surface area contributed by atoms with E-state index in [0.29, 0.717) is 0 Å². The van der Waals surface area contributed by atoms with Gasteiger partial charge in [-0.1, -0.05) is 29.3 Å². The Hall–Kier alpha value is -0.330. The van der Waals surface area contributed by atoms with Crippen molar-refractivity contribution < 1.29 is 13.2 Å². The molecular formula is C10H13Cl2NO3S. The molecule has 0 radical (unpaired) electrons. The average molecular weight is 298 g/mol. The largest absolute Gasteiger partial charge is 0.383 e. The highest BCUT2D eigenvalue weighted by molar-refractivity contribution is 7.89. The maximum atomic E-state index is 12.0. The van der Waals surface area contributed by atoms with Gasteiger partial charge in [0.2, 0.25) is 10.0 Å². The molecule has 0 aromatic heterocycles. The van der Waals surface area contributed by atoms with Gasteiger partial charge in [0.1, 0.15) is 4.90 Å². The second-order valence-corrected chi connectivity index (χ2v) is 5.99. The van der Waals surface area contributed by atoms with Crippen LogP contribution in [0, 0.1) is 0 Å². The van der Waals surface area contributed by atoms with Crippen molar-refractivity contribution in [2.45, 2.75) is 17.9 Å². The third kappa shape index (κ3) is 3.82. The number of nitrogens with one attached hydrogen (secondary N) is 1. The number of hydrogen-bond donors (Lipinski definition) is 1. The summed E-state index contributed by atoms with van der Waals surface area (Å²) in [5, 5.41) is 0.184. The van der Waals surface area contributed by atoms with Crippen molar-refractivity contribution in [2.24, 2.45) is 0 Å². The van der Waals surface area contributed by atoms with E-state index in [1.807, 2.05) is 0 Å². The molecule has 0 saturated carbocycles. The Morgan fingerprint density at radius 3 is 2.35 bits per heavy atom. The summed E-state index contributed by atoms with van der Waals surface area (Å²) < 4.78 is 31.3. The van der Waals surface area contributed by atoms with Crippen LogP contribution in [0.3, 0.4) is 0 Å². The molecule has 0 aliphatic carbocycles. The van der Waals surface area contributed by atoms with E-state index in [-0.39, 0.29) is 27.6 Å². The molecule has 0 spiro atoms. The van der Waals surface area contributed by atoms with E-state index in [9.17, 15) is 8.42 Å². The van der Waals surface area contributed by atoms with E-state index in [4.69, 9.17) is 27.9 Å². The van der Waals surface area contributed by atoms with Crippen molar-refractivity contribution in [1.82, 2.24) is 4.72 Å². The Balaban J connectivity index is 3.06. The molecule has 0 aliphatic rings. The molecular weight excluding hydrogens is 285 g/mol. The van der Waals surface area contributed by atoms with Crippen LogP contribution in [-0.4, -0.2) is 28.2 Å². The van der Waals surface area contributed by atoms with Gasteiger partial charge in [0, 0.05) is 13.2 Å². The highest BCUT2D eigenvalue weighted by Gasteiger charge is 2.23. The zero-order valence-corrected chi connectivity index (χ0v) is 11.7. The highest BCUT2D eigenvalue weighted by atomic mass is 35.5. The van der Waals surface area contributed by atoms with Crippen LogP contribution in [0.1, 0.15) is 6.92 Å². The van der Waals surface area contributed by atoms with Crippen LogP contribution >= 0.6 is 23.2 Å². The van der Waals surface area contributed by atoms with Crippen molar-refractivity contribution >= 4 is 33.2 Å². The fourth-order valence-electron chi connectivity index (χ4n) is 1.35. The van der Waals surface area contributed by atoms with Crippen molar-refractivity contribution in [3.05, 3.63) is 28.2 Å². The van der Waals surface area contributed by atoms with Gasteiger partial charge in [-0.05, 0) is 19.1 Å². The van der Waals surface area contributed by atoms with Gasteiger partial charge in [0.05, 0.1) is 16.7 Å². The van der Waals surface area contributed by atoms with Gasteiger partial charge in [0.25, 0.3) is 0 Å². The van der Waals surface area contributed by atoms with Crippen LogP contribution < -0.4 is 4.72 Å². The normalized spacial score (nSPS) is 13.6. The maximum absolute atomic E-state index is 12.0.